The number of rotatable bonds is 7. The number of hydrogen-bond donors (Lipinski definition) is 1. The van der Waals surface area contributed by atoms with E-state index in [0.717, 1.165) is 39.0 Å². The minimum atomic E-state index is -0.324. The van der Waals surface area contributed by atoms with Gasteiger partial charge in [0.2, 0.25) is 11.8 Å². The fourth-order valence-corrected chi connectivity index (χ4v) is 2.97. The maximum absolute atomic E-state index is 12.5. The second-order valence-corrected chi connectivity index (χ2v) is 6.46. The Labute approximate surface area is 140 Å². The van der Waals surface area contributed by atoms with Gasteiger partial charge in [-0.1, -0.05) is 19.8 Å². The van der Waals surface area contributed by atoms with Gasteiger partial charge < -0.3 is 15.1 Å². The second kappa shape index (κ2) is 9.36. The highest BCUT2D eigenvalue weighted by Crippen LogP contribution is 2.27. The van der Waals surface area contributed by atoms with E-state index in [1.165, 1.54) is 19.3 Å². The highest BCUT2D eigenvalue weighted by Gasteiger charge is 2.32. The molecule has 0 aromatic carbocycles. The molecular weight excluding hydrogens is 302 g/mol. The van der Waals surface area contributed by atoms with Crippen molar-refractivity contribution in [2.45, 2.75) is 51.5 Å². The molecule has 1 aliphatic carbocycles. The maximum atomic E-state index is 12.5. The van der Waals surface area contributed by atoms with E-state index in [1.807, 2.05) is 11.9 Å². The van der Waals surface area contributed by atoms with Gasteiger partial charge in [-0.25, -0.2) is 0 Å². The van der Waals surface area contributed by atoms with E-state index in [2.05, 4.69) is 12.2 Å². The summed E-state index contributed by atoms with van der Waals surface area (Å²) < 4.78 is 0. The Balaban J connectivity index is 0.00000242. The summed E-state index contributed by atoms with van der Waals surface area (Å²) >= 11 is 0. The number of amides is 2. The van der Waals surface area contributed by atoms with Gasteiger partial charge in [0.15, 0.2) is 0 Å². The first-order valence-electron chi connectivity index (χ1n) is 8.38. The summed E-state index contributed by atoms with van der Waals surface area (Å²) in [5, 5.41) is 3.21. The maximum Gasteiger partial charge on any atom is 0.240 e. The number of unbranched alkanes of at least 4 members (excludes halogenated alkanes) is 1. The molecule has 1 atom stereocenters. The van der Waals surface area contributed by atoms with Crippen LogP contribution in [0.4, 0.5) is 0 Å². The quantitative estimate of drug-likeness (QED) is 0.772. The zero-order valence-electron chi connectivity index (χ0n) is 13.8. The SMILES string of the molecule is CCCCN(C)C(=O)CC1NCCN(CC2CCC2)C1=O.Cl. The van der Waals surface area contributed by atoms with E-state index in [-0.39, 0.29) is 30.3 Å². The second-order valence-electron chi connectivity index (χ2n) is 6.46. The lowest BCUT2D eigenvalue weighted by atomic mass is 9.85. The third-order valence-electron chi connectivity index (χ3n) is 4.74. The summed E-state index contributed by atoms with van der Waals surface area (Å²) in [7, 11) is 1.83. The molecule has 0 aromatic rings. The Hall–Kier alpha value is -0.810. The van der Waals surface area contributed by atoms with Crippen LogP contribution in [0.2, 0.25) is 0 Å². The van der Waals surface area contributed by atoms with Crippen molar-refractivity contribution in [1.29, 1.82) is 0 Å². The monoisotopic (exact) mass is 331 g/mol. The Morgan fingerprint density at radius 2 is 2.14 bits per heavy atom. The molecular formula is C16H30ClN3O2. The molecule has 1 aliphatic heterocycles. The van der Waals surface area contributed by atoms with Crippen LogP contribution in [-0.2, 0) is 9.59 Å². The van der Waals surface area contributed by atoms with Crippen LogP contribution in [0.1, 0.15) is 45.4 Å². The molecule has 1 heterocycles. The number of halogens is 1. The minimum absolute atomic E-state index is 0. The first-order valence-corrected chi connectivity index (χ1v) is 8.38. The largest absolute Gasteiger partial charge is 0.346 e. The van der Waals surface area contributed by atoms with Gasteiger partial charge in [0, 0.05) is 33.2 Å². The molecule has 5 nitrogen and oxygen atoms in total. The number of piperazine rings is 1. The Bertz CT molecular complexity index is 374. The molecule has 0 aromatic heterocycles. The molecule has 1 N–H and O–H groups in total. The number of carbonyl (C=O) groups is 2. The molecule has 1 unspecified atom stereocenters. The molecule has 128 valence electrons. The molecule has 2 rings (SSSR count). The standard InChI is InChI=1S/C16H29N3O2.ClH/c1-3-4-9-18(2)15(20)11-14-16(21)19(10-8-17-14)12-13-6-5-7-13;/h13-14,17H,3-12H2,1-2H3;1H. The van der Waals surface area contributed by atoms with Crippen molar-refractivity contribution in [1.82, 2.24) is 15.1 Å². The van der Waals surface area contributed by atoms with Gasteiger partial charge in [-0.15, -0.1) is 12.4 Å². The smallest absolute Gasteiger partial charge is 0.240 e. The summed E-state index contributed by atoms with van der Waals surface area (Å²) in [6.07, 6.45) is 6.19. The van der Waals surface area contributed by atoms with Crippen LogP contribution in [0.3, 0.4) is 0 Å². The van der Waals surface area contributed by atoms with Crippen LogP contribution in [0.15, 0.2) is 0 Å². The number of carbonyl (C=O) groups excluding carboxylic acids is 2. The highest BCUT2D eigenvalue weighted by atomic mass is 35.5. The fourth-order valence-electron chi connectivity index (χ4n) is 2.97. The van der Waals surface area contributed by atoms with Gasteiger partial charge in [-0.05, 0) is 25.2 Å². The van der Waals surface area contributed by atoms with Crippen molar-refractivity contribution in [2.24, 2.45) is 5.92 Å². The van der Waals surface area contributed by atoms with Crippen molar-refractivity contribution in [3.8, 4) is 0 Å². The molecule has 0 radical (unpaired) electrons. The molecule has 2 amide bonds. The first kappa shape index (κ1) is 19.2. The van der Waals surface area contributed by atoms with Gasteiger partial charge in [0.25, 0.3) is 0 Å². The van der Waals surface area contributed by atoms with E-state index in [9.17, 15) is 9.59 Å². The van der Waals surface area contributed by atoms with Gasteiger partial charge >= 0.3 is 0 Å². The van der Waals surface area contributed by atoms with Crippen molar-refractivity contribution in [2.75, 3.05) is 33.2 Å². The zero-order chi connectivity index (χ0) is 15.2. The van der Waals surface area contributed by atoms with Crippen molar-refractivity contribution in [3.05, 3.63) is 0 Å². The Morgan fingerprint density at radius 3 is 2.73 bits per heavy atom. The minimum Gasteiger partial charge on any atom is -0.346 e. The van der Waals surface area contributed by atoms with Crippen LogP contribution in [0.5, 0.6) is 0 Å². The summed E-state index contributed by atoms with van der Waals surface area (Å²) in [6, 6.07) is -0.324. The molecule has 0 spiro atoms. The molecule has 1 saturated carbocycles. The van der Waals surface area contributed by atoms with Crippen LogP contribution in [-0.4, -0.2) is 60.9 Å². The number of nitrogens with one attached hydrogen (secondary N) is 1. The van der Waals surface area contributed by atoms with E-state index in [4.69, 9.17) is 0 Å². The number of hydrogen-bond acceptors (Lipinski definition) is 3. The molecule has 1 saturated heterocycles. The van der Waals surface area contributed by atoms with E-state index in [1.54, 1.807) is 4.90 Å². The molecule has 6 heteroatoms. The zero-order valence-corrected chi connectivity index (χ0v) is 14.7. The van der Waals surface area contributed by atoms with E-state index < -0.39 is 0 Å². The summed E-state index contributed by atoms with van der Waals surface area (Å²) in [5.41, 5.74) is 0. The molecule has 0 bridgehead atoms. The van der Waals surface area contributed by atoms with Gasteiger partial charge in [-0.2, -0.15) is 0 Å². The third-order valence-corrected chi connectivity index (χ3v) is 4.74. The Morgan fingerprint density at radius 1 is 1.41 bits per heavy atom. The normalized spacial score (nSPS) is 22.0. The van der Waals surface area contributed by atoms with Crippen LogP contribution in [0, 0.1) is 5.92 Å². The average molecular weight is 332 g/mol. The summed E-state index contributed by atoms with van der Waals surface area (Å²) in [5.74, 6) is 0.876. The number of nitrogens with zero attached hydrogens (tertiary/aromatic N) is 2. The molecule has 2 fully saturated rings. The van der Waals surface area contributed by atoms with Gasteiger partial charge in [0.05, 0.1) is 12.5 Å². The van der Waals surface area contributed by atoms with Crippen molar-refractivity contribution < 1.29 is 9.59 Å². The van der Waals surface area contributed by atoms with E-state index >= 15 is 0 Å². The molecule has 22 heavy (non-hydrogen) atoms. The van der Waals surface area contributed by atoms with Crippen LogP contribution < -0.4 is 5.32 Å². The first-order chi connectivity index (χ1) is 10.1. The lowest BCUT2D eigenvalue weighted by molar-refractivity contribution is -0.141. The topological polar surface area (TPSA) is 52.7 Å². The third kappa shape index (κ3) is 5.13. The highest BCUT2D eigenvalue weighted by molar-refractivity contribution is 5.88. The van der Waals surface area contributed by atoms with Crippen molar-refractivity contribution >= 4 is 24.2 Å². The summed E-state index contributed by atoms with van der Waals surface area (Å²) in [4.78, 5) is 28.4. The predicted octanol–water partition coefficient (Wildman–Crippen LogP) is 1.66. The Kier molecular flexibility index (Phi) is 8.18. The van der Waals surface area contributed by atoms with Crippen LogP contribution in [0.25, 0.3) is 0 Å². The van der Waals surface area contributed by atoms with E-state index in [0.29, 0.717) is 12.3 Å². The fraction of sp³-hybridized carbons (Fsp3) is 0.875. The predicted molar refractivity (Wildman–Crippen MR) is 90.1 cm³/mol. The van der Waals surface area contributed by atoms with Crippen molar-refractivity contribution in [3.63, 3.8) is 0 Å². The lowest BCUT2D eigenvalue weighted by Gasteiger charge is -2.38. The van der Waals surface area contributed by atoms with Crippen LogP contribution >= 0.6 is 12.4 Å². The lowest BCUT2D eigenvalue weighted by Crippen LogP contribution is -2.57. The average Bonchev–Trinajstić information content (AvgIpc) is 2.43. The van der Waals surface area contributed by atoms with Gasteiger partial charge in [-0.3, -0.25) is 9.59 Å². The van der Waals surface area contributed by atoms with Gasteiger partial charge in [0.1, 0.15) is 0 Å². The summed E-state index contributed by atoms with van der Waals surface area (Å²) in [6.45, 7) is 5.36. The molecule has 2 aliphatic rings.